The number of hydrogen-bond acceptors (Lipinski definition) is 3. The lowest BCUT2D eigenvalue weighted by Gasteiger charge is -2.26. The van der Waals surface area contributed by atoms with Gasteiger partial charge in [0.2, 0.25) is 0 Å². The van der Waals surface area contributed by atoms with Gasteiger partial charge in [-0.3, -0.25) is 0 Å². The van der Waals surface area contributed by atoms with Crippen LogP contribution in [0, 0.1) is 0 Å². The van der Waals surface area contributed by atoms with E-state index < -0.39 is 5.60 Å². The molecule has 1 aromatic heterocycles. The molecule has 0 saturated carbocycles. The Kier molecular flexibility index (Phi) is 2.43. The number of carbonyl (C=O) groups is 1. The molecular weight excluding hydrogens is 192 g/mol. The molecule has 82 valence electrons. The molecule has 0 spiro atoms. The van der Waals surface area contributed by atoms with E-state index in [-0.39, 0.29) is 5.60 Å². The number of carbonyl (C=O) groups excluding carboxylic acids is 1. The van der Waals surface area contributed by atoms with Gasteiger partial charge in [0.05, 0.1) is 11.9 Å². The van der Waals surface area contributed by atoms with E-state index in [4.69, 9.17) is 9.15 Å². The first-order valence-electron chi connectivity index (χ1n) is 5.24. The maximum absolute atomic E-state index is 10.9. The van der Waals surface area contributed by atoms with Gasteiger partial charge in [-0.1, -0.05) is 0 Å². The Labute approximate surface area is 89.4 Å². The number of rotatable bonds is 3. The van der Waals surface area contributed by atoms with Crippen molar-refractivity contribution in [2.24, 2.45) is 0 Å². The Hall–Kier alpha value is -1.09. The number of hydrogen-bond donors (Lipinski definition) is 0. The predicted molar refractivity (Wildman–Crippen MR) is 55.6 cm³/mol. The highest BCUT2D eigenvalue weighted by Crippen LogP contribution is 2.38. The molecule has 0 bridgehead atoms. The lowest BCUT2D eigenvalue weighted by atomic mass is 9.95. The summed E-state index contributed by atoms with van der Waals surface area (Å²) in [6.07, 6.45) is 4.97. The van der Waals surface area contributed by atoms with Crippen LogP contribution >= 0.6 is 0 Å². The standard InChI is InChI=1S/C12H16O3/c1-11(8-10-4-3-7-14-10)5-6-12(2,9-13)15-11/h3-4,7,9H,5-6,8H2,1-2H3. The molecular formula is C12H16O3. The molecule has 2 unspecified atom stereocenters. The van der Waals surface area contributed by atoms with Crippen LogP contribution in [0.3, 0.4) is 0 Å². The van der Waals surface area contributed by atoms with Crippen LogP contribution < -0.4 is 0 Å². The molecule has 2 atom stereocenters. The molecule has 3 nitrogen and oxygen atoms in total. The lowest BCUT2D eigenvalue weighted by molar-refractivity contribution is -0.136. The summed E-state index contributed by atoms with van der Waals surface area (Å²) in [6.45, 7) is 3.87. The van der Waals surface area contributed by atoms with Crippen molar-refractivity contribution in [2.75, 3.05) is 0 Å². The fourth-order valence-corrected chi connectivity index (χ4v) is 2.17. The van der Waals surface area contributed by atoms with E-state index >= 15 is 0 Å². The first-order chi connectivity index (χ1) is 7.05. The van der Waals surface area contributed by atoms with Crippen molar-refractivity contribution in [3.05, 3.63) is 24.2 Å². The van der Waals surface area contributed by atoms with Crippen molar-refractivity contribution < 1.29 is 13.9 Å². The Morgan fingerprint density at radius 1 is 1.47 bits per heavy atom. The van der Waals surface area contributed by atoms with Gasteiger partial charge in [0.15, 0.2) is 6.29 Å². The Balaban J connectivity index is 2.07. The second-order valence-electron chi connectivity index (χ2n) is 4.74. The highest BCUT2D eigenvalue weighted by atomic mass is 16.5. The Bertz CT molecular complexity index is 344. The maximum Gasteiger partial charge on any atom is 0.151 e. The van der Waals surface area contributed by atoms with Crippen molar-refractivity contribution in [1.29, 1.82) is 0 Å². The minimum atomic E-state index is -0.610. The van der Waals surface area contributed by atoms with Crippen LogP contribution in [0.4, 0.5) is 0 Å². The Morgan fingerprint density at radius 3 is 2.80 bits per heavy atom. The van der Waals surface area contributed by atoms with Gasteiger partial charge in [-0.25, -0.2) is 0 Å². The van der Waals surface area contributed by atoms with Crippen LogP contribution in [0.2, 0.25) is 0 Å². The molecule has 0 aromatic carbocycles. The lowest BCUT2D eigenvalue weighted by Crippen LogP contribution is -2.33. The second kappa shape index (κ2) is 3.49. The minimum absolute atomic E-state index is 0.270. The van der Waals surface area contributed by atoms with Crippen LogP contribution in [0.25, 0.3) is 0 Å². The van der Waals surface area contributed by atoms with Gasteiger partial charge in [0.1, 0.15) is 11.4 Å². The van der Waals surface area contributed by atoms with E-state index in [1.165, 1.54) is 0 Å². The van der Waals surface area contributed by atoms with E-state index in [0.717, 1.165) is 31.3 Å². The van der Waals surface area contributed by atoms with Crippen LogP contribution in [0.1, 0.15) is 32.4 Å². The van der Waals surface area contributed by atoms with Crippen LogP contribution in [-0.4, -0.2) is 17.5 Å². The van der Waals surface area contributed by atoms with Crippen LogP contribution in [-0.2, 0) is 16.0 Å². The molecule has 1 saturated heterocycles. The maximum atomic E-state index is 10.9. The monoisotopic (exact) mass is 208 g/mol. The van der Waals surface area contributed by atoms with Gasteiger partial charge in [-0.05, 0) is 38.8 Å². The van der Waals surface area contributed by atoms with Crippen molar-refractivity contribution in [2.45, 2.75) is 44.3 Å². The van der Waals surface area contributed by atoms with E-state index in [1.54, 1.807) is 6.26 Å². The predicted octanol–water partition coefficient (Wildman–Crippen LogP) is 2.35. The third-order valence-electron chi connectivity index (χ3n) is 3.01. The van der Waals surface area contributed by atoms with Crippen LogP contribution in [0.5, 0.6) is 0 Å². The SMILES string of the molecule is CC1(C=O)CCC(C)(Cc2ccco2)O1. The summed E-state index contributed by atoms with van der Waals surface area (Å²) in [5, 5.41) is 0. The van der Waals surface area contributed by atoms with Crippen molar-refractivity contribution >= 4 is 6.29 Å². The largest absolute Gasteiger partial charge is 0.469 e. The topological polar surface area (TPSA) is 39.4 Å². The quantitative estimate of drug-likeness (QED) is 0.716. The zero-order valence-electron chi connectivity index (χ0n) is 9.16. The van der Waals surface area contributed by atoms with Crippen molar-refractivity contribution in [3.63, 3.8) is 0 Å². The molecule has 2 heterocycles. The van der Waals surface area contributed by atoms with Gasteiger partial charge in [-0.15, -0.1) is 0 Å². The first kappa shape index (κ1) is 10.4. The zero-order chi connectivity index (χ0) is 10.9. The first-order valence-corrected chi connectivity index (χ1v) is 5.24. The second-order valence-corrected chi connectivity index (χ2v) is 4.74. The van der Waals surface area contributed by atoms with Gasteiger partial charge in [0, 0.05) is 6.42 Å². The molecule has 0 N–H and O–H groups in total. The molecule has 1 aliphatic heterocycles. The highest BCUT2D eigenvalue weighted by molar-refractivity contribution is 5.62. The van der Waals surface area contributed by atoms with E-state index in [0.29, 0.717) is 0 Å². The number of ether oxygens (including phenoxy) is 1. The minimum Gasteiger partial charge on any atom is -0.469 e. The third-order valence-corrected chi connectivity index (χ3v) is 3.01. The molecule has 0 amide bonds. The van der Waals surface area contributed by atoms with Gasteiger partial charge in [-0.2, -0.15) is 0 Å². The fraction of sp³-hybridized carbons (Fsp3) is 0.583. The van der Waals surface area contributed by atoms with Gasteiger partial charge < -0.3 is 13.9 Å². The summed E-state index contributed by atoms with van der Waals surface area (Å²) >= 11 is 0. The summed E-state index contributed by atoms with van der Waals surface area (Å²) in [6, 6.07) is 3.80. The molecule has 2 rings (SSSR count). The van der Waals surface area contributed by atoms with E-state index in [1.807, 2.05) is 26.0 Å². The molecule has 1 aromatic rings. The highest BCUT2D eigenvalue weighted by Gasteiger charge is 2.43. The molecule has 0 radical (unpaired) electrons. The van der Waals surface area contributed by atoms with Crippen LogP contribution in [0.15, 0.2) is 22.8 Å². The Morgan fingerprint density at radius 2 is 2.27 bits per heavy atom. The summed E-state index contributed by atoms with van der Waals surface area (Å²) in [4.78, 5) is 10.9. The average Bonchev–Trinajstić information content (AvgIpc) is 2.76. The van der Waals surface area contributed by atoms with Gasteiger partial charge >= 0.3 is 0 Å². The molecule has 1 aliphatic rings. The number of furan rings is 1. The molecule has 15 heavy (non-hydrogen) atoms. The van der Waals surface area contributed by atoms with E-state index in [2.05, 4.69) is 0 Å². The van der Waals surface area contributed by atoms with E-state index in [9.17, 15) is 4.79 Å². The summed E-state index contributed by atoms with van der Waals surface area (Å²) < 4.78 is 11.1. The molecule has 3 heteroatoms. The zero-order valence-corrected chi connectivity index (χ0v) is 9.16. The fourth-order valence-electron chi connectivity index (χ4n) is 2.17. The molecule has 1 fully saturated rings. The number of aldehydes is 1. The normalized spacial score (nSPS) is 35.6. The third kappa shape index (κ3) is 2.12. The van der Waals surface area contributed by atoms with Crippen molar-refractivity contribution in [1.82, 2.24) is 0 Å². The summed E-state index contributed by atoms with van der Waals surface area (Å²) in [5.41, 5.74) is -0.880. The van der Waals surface area contributed by atoms with Gasteiger partial charge in [0.25, 0.3) is 0 Å². The average molecular weight is 208 g/mol. The van der Waals surface area contributed by atoms with Crippen molar-refractivity contribution in [3.8, 4) is 0 Å². The smallest absolute Gasteiger partial charge is 0.151 e. The summed E-state index contributed by atoms with van der Waals surface area (Å²) in [5.74, 6) is 0.910. The summed E-state index contributed by atoms with van der Waals surface area (Å²) in [7, 11) is 0. The molecule has 0 aliphatic carbocycles.